The van der Waals surface area contributed by atoms with Crippen LogP contribution < -0.4 is 5.32 Å². The topological polar surface area (TPSA) is 67.2 Å². The van der Waals surface area contributed by atoms with E-state index in [2.05, 4.69) is 73.2 Å². The van der Waals surface area contributed by atoms with Crippen molar-refractivity contribution < 1.29 is 9.90 Å². The first kappa shape index (κ1) is 25.2. The number of rotatable bonds is 9. The van der Waals surface area contributed by atoms with E-state index in [1.54, 1.807) is 0 Å². The van der Waals surface area contributed by atoms with Gasteiger partial charge in [-0.25, -0.2) is 0 Å². The summed E-state index contributed by atoms with van der Waals surface area (Å²) in [4.78, 5) is 13.7. The van der Waals surface area contributed by atoms with Gasteiger partial charge in [0.05, 0.1) is 17.8 Å². The first-order chi connectivity index (χ1) is 17.9. The molecule has 1 atom stereocenters. The Hall–Kier alpha value is -3.48. The second-order valence-corrected chi connectivity index (χ2v) is 11.1. The summed E-state index contributed by atoms with van der Waals surface area (Å²) < 4.78 is 3.45. The predicted molar refractivity (Wildman–Crippen MR) is 153 cm³/mol. The van der Waals surface area contributed by atoms with E-state index in [-0.39, 0.29) is 18.6 Å². The number of hydrogen-bond donors (Lipinski definition) is 2. The van der Waals surface area contributed by atoms with Gasteiger partial charge in [0.2, 0.25) is 0 Å². The number of aliphatic hydroxyl groups is 1. The van der Waals surface area contributed by atoms with Crippen molar-refractivity contribution in [1.82, 2.24) is 15.1 Å². The summed E-state index contributed by atoms with van der Waals surface area (Å²) in [5, 5.41) is 19.1. The molecule has 0 aliphatic heterocycles. The van der Waals surface area contributed by atoms with Crippen molar-refractivity contribution >= 4 is 38.2 Å². The zero-order valence-corrected chi connectivity index (χ0v) is 22.4. The maximum absolute atomic E-state index is 12.4. The van der Waals surface area contributed by atoms with Crippen LogP contribution in [-0.4, -0.2) is 33.9 Å². The maximum atomic E-state index is 12.4. The highest BCUT2D eigenvalue weighted by atomic mass is 32.1. The van der Waals surface area contributed by atoms with Crippen molar-refractivity contribution in [1.29, 1.82) is 0 Å². The minimum Gasteiger partial charge on any atom is -0.396 e. The summed E-state index contributed by atoms with van der Waals surface area (Å²) in [5.74, 6) is 0.360. The largest absolute Gasteiger partial charge is 0.396 e. The fourth-order valence-corrected chi connectivity index (χ4v) is 6.03. The molecule has 6 heteroatoms. The van der Waals surface area contributed by atoms with Gasteiger partial charge < -0.3 is 10.4 Å². The second-order valence-electron chi connectivity index (χ2n) is 10.1. The molecule has 0 aliphatic rings. The second kappa shape index (κ2) is 10.9. The van der Waals surface area contributed by atoms with Crippen LogP contribution in [0.15, 0.2) is 72.9 Å². The number of nitrogens with one attached hydrogen (secondary N) is 1. The highest BCUT2D eigenvalue weighted by Gasteiger charge is 2.20. The summed E-state index contributed by atoms with van der Waals surface area (Å²) in [5.41, 5.74) is 5.37. The monoisotopic (exact) mass is 511 g/mol. The fourth-order valence-electron chi connectivity index (χ4n) is 4.89. The van der Waals surface area contributed by atoms with Crippen molar-refractivity contribution in [3.05, 3.63) is 89.6 Å². The van der Waals surface area contributed by atoms with Crippen LogP contribution in [0.1, 0.15) is 54.2 Å². The molecular formula is C31H33N3O2S. The van der Waals surface area contributed by atoms with E-state index in [0.29, 0.717) is 24.4 Å². The molecule has 0 saturated carbocycles. The van der Waals surface area contributed by atoms with E-state index in [9.17, 15) is 4.79 Å². The van der Waals surface area contributed by atoms with Crippen LogP contribution in [0.5, 0.6) is 0 Å². The average Bonchev–Trinajstić information content (AvgIpc) is 3.50. The van der Waals surface area contributed by atoms with Gasteiger partial charge in [0.1, 0.15) is 0 Å². The molecule has 0 bridgehead atoms. The third-order valence-electron chi connectivity index (χ3n) is 6.80. The molecule has 0 spiro atoms. The zero-order valence-electron chi connectivity index (χ0n) is 21.6. The van der Waals surface area contributed by atoms with E-state index in [1.807, 2.05) is 41.8 Å². The Bertz CT molecular complexity index is 1500. The minimum absolute atomic E-state index is 0.0681. The summed E-state index contributed by atoms with van der Waals surface area (Å²) in [6.45, 7) is 7.17. The Morgan fingerprint density at radius 2 is 1.84 bits per heavy atom. The number of aliphatic hydroxyl groups excluding tert-OH is 1. The Kier molecular flexibility index (Phi) is 7.40. The van der Waals surface area contributed by atoms with E-state index < -0.39 is 0 Å². The number of aromatic nitrogens is 2. The van der Waals surface area contributed by atoms with Gasteiger partial charge in [-0.15, -0.1) is 11.3 Å². The molecule has 190 valence electrons. The number of benzene rings is 3. The lowest BCUT2D eigenvalue weighted by molar-refractivity contribution is 0.0951. The molecule has 2 aromatic heterocycles. The van der Waals surface area contributed by atoms with Crippen molar-refractivity contribution in [3.63, 3.8) is 0 Å². The number of thiophene rings is 1. The number of carbonyl (C=O) groups excluding carboxylic acids is 1. The van der Waals surface area contributed by atoms with Crippen molar-refractivity contribution in [2.45, 2.75) is 39.7 Å². The Labute approximate surface area is 221 Å². The van der Waals surface area contributed by atoms with Crippen LogP contribution in [0.3, 0.4) is 0 Å². The van der Waals surface area contributed by atoms with Gasteiger partial charge in [-0.05, 0) is 84.2 Å². The summed E-state index contributed by atoms with van der Waals surface area (Å²) in [6.07, 6.45) is 3.47. The molecule has 0 fully saturated rings. The first-order valence-corrected chi connectivity index (χ1v) is 13.7. The van der Waals surface area contributed by atoms with Crippen LogP contribution in [0, 0.1) is 12.8 Å². The van der Waals surface area contributed by atoms with E-state index in [1.165, 1.54) is 26.1 Å². The number of aryl methyl sites for hydroxylation is 1. The van der Waals surface area contributed by atoms with Crippen LogP contribution in [0.25, 0.3) is 31.4 Å². The highest BCUT2D eigenvalue weighted by molar-refractivity contribution is 7.22. The van der Waals surface area contributed by atoms with Gasteiger partial charge in [0.25, 0.3) is 5.91 Å². The molecule has 1 unspecified atom stereocenters. The number of hydrogen-bond acceptors (Lipinski definition) is 4. The Morgan fingerprint density at radius 3 is 2.57 bits per heavy atom. The van der Waals surface area contributed by atoms with Gasteiger partial charge in [-0.3, -0.25) is 9.48 Å². The third kappa shape index (κ3) is 5.31. The molecule has 37 heavy (non-hydrogen) atoms. The number of amides is 1. The zero-order chi connectivity index (χ0) is 25.9. The molecule has 2 N–H and O–H groups in total. The van der Waals surface area contributed by atoms with Gasteiger partial charge in [-0.1, -0.05) is 44.2 Å². The van der Waals surface area contributed by atoms with Crippen LogP contribution in [-0.2, 0) is 0 Å². The molecule has 5 aromatic rings. The van der Waals surface area contributed by atoms with E-state index in [0.717, 1.165) is 22.9 Å². The first-order valence-electron chi connectivity index (χ1n) is 12.9. The minimum atomic E-state index is -0.116. The van der Waals surface area contributed by atoms with Crippen LogP contribution in [0.2, 0.25) is 0 Å². The molecule has 0 radical (unpaired) electrons. The molecule has 2 heterocycles. The Balaban J connectivity index is 1.48. The van der Waals surface area contributed by atoms with Gasteiger partial charge in [0, 0.05) is 33.7 Å². The van der Waals surface area contributed by atoms with Crippen LogP contribution in [0.4, 0.5) is 0 Å². The quantitative estimate of drug-likeness (QED) is 0.210. The lowest BCUT2D eigenvalue weighted by atomic mass is 9.95. The normalized spacial score (nSPS) is 12.5. The summed E-state index contributed by atoms with van der Waals surface area (Å²) >= 11 is 1.83. The standard InChI is InChI=1S/C31H33N3O2S/c1-20(2)15-27(22-9-11-23(12-10-22)31(36)32-13-6-14-35)34-28-16-21(3)26(17-25(28)19-33-34)30-18-24-7-4-5-8-29(24)37-30/h4-5,7-12,16-20,27,35H,6,13-15H2,1-3H3,(H,32,36). The number of nitrogens with zero attached hydrogens (tertiary/aromatic N) is 2. The van der Waals surface area contributed by atoms with E-state index in [4.69, 9.17) is 10.2 Å². The molecule has 1 amide bonds. The third-order valence-corrected chi connectivity index (χ3v) is 7.95. The lowest BCUT2D eigenvalue weighted by Crippen LogP contribution is -2.25. The highest BCUT2D eigenvalue weighted by Crippen LogP contribution is 2.38. The number of fused-ring (bicyclic) bond motifs is 2. The number of carbonyl (C=O) groups is 1. The summed E-state index contributed by atoms with van der Waals surface area (Å²) in [7, 11) is 0. The van der Waals surface area contributed by atoms with Gasteiger partial charge in [-0.2, -0.15) is 5.10 Å². The average molecular weight is 512 g/mol. The maximum Gasteiger partial charge on any atom is 0.251 e. The molecule has 5 nitrogen and oxygen atoms in total. The molecule has 0 aliphatic carbocycles. The molecule has 3 aromatic carbocycles. The SMILES string of the molecule is Cc1cc2c(cnn2C(CC(C)C)c2ccc(C(=O)NCCCO)cc2)cc1-c1cc2ccccc2s1. The molecular weight excluding hydrogens is 478 g/mol. The smallest absolute Gasteiger partial charge is 0.251 e. The van der Waals surface area contributed by atoms with Crippen LogP contribution >= 0.6 is 11.3 Å². The van der Waals surface area contributed by atoms with Crippen molar-refractivity contribution in [2.24, 2.45) is 5.92 Å². The summed E-state index contributed by atoms with van der Waals surface area (Å²) in [6, 6.07) is 23.3. The van der Waals surface area contributed by atoms with Crippen molar-refractivity contribution in [2.75, 3.05) is 13.2 Å². The van der Waals surface area contributed by atoms with E-state index >= 15 is 0 Å². The van der Waals surface area contributed by atoms with Crippen molar-refractivity contribution in [3.8, 4) is 10.4 Å². The fraction of sp³-hybridized carbons (Fsp3) is 0.290. The van der Waals surface area contributed by atoms with Gasteiger partial charge >= 0.3 is 0 Å². The van der Waals surface area contributed by atoms with Gasteiger partial charge in [0.15, 0.2) is 0 Å². The predicted octanol–water partition coefficient (Wildman–Crippen LogP) is 6.97. The molecule has 0 saturated heterocycles. The Morgan fingerprint density at radius 1 is 1.05 bits per heavy atom. The lowest BCUT2D eigenvalue weighted by Gasteiger charge is -2.22. The molecule has 5 rings (SSSR count).